The maximum absolute atomic E-state index is 10.8. The third kappa shape index (κ3) is 4.63. The van der Waals surface area contributed by atoms with Gasteiger partial charge in [-0.3, -0.25) is 15.1 Å². The van der Waals surface area contributed by atoms with Crippen molar-refractivity contribution in [3.63, 3.8) is 0 Å². The standard InChI is InChI=1S/C18H26N4O3/c19-18(20)22-8-5-14-1-2-16(9-15(14)10-22)25-12-13-3-6-21(7-4-13)11-17(23)24/h1-2,9,13H,3-8,10-12H2,(H3,19,20)(H,23,24). The van der Waals surface area contributed by atoms with E-state index in [0.29, 0.717) is 19.1 Å². The zero-order chi connectivity index (χ0) is 17.8. The largest absolute Gasteiger partial charge is 0.493 e. The van der Waals surface area contributed by atoms with Crippen LogP contribution in [0.3, 0.4) is 0 Å². The summed E-state index contributed by atoms with van der Waals surface area (Å²) in [6.07, 6.45) is 2.84. The van der Waals surface area contributed by atoms with E-state index in [0.717, 1.165) is 44.6 Å². The average molecular weight is 346 g/mol. The summed E-state index contributed by atoms with van der Waals surface area (Å²) in [6, 6.07) is 6.18. The van der Waals surface area contributed by atoms with Crippen molar-refractivity contribution in [3.05, 3.63) is 29.3 Å². The zero-order valence-electron chi connectivity index (χ0n) is 14.4. The molecule has 2 heterocycles. The molecule has 0 atom stereocenters. The molecular weight excluding hydrogens is 320 g/mol. The maximum atomic E-state index is 10.8. The van der Waals surface area contributed by atoms with Crippen LogP contribution < -0.4 is 10.5 Å². The Morgan fingerprint density at radius 1 is 1.28 bits per heavy atom. The average Bonchev–Trinajstić information content (AvgIpc) is 2.60. The molecule has 0 bridgehead atoms. The molecule has 7 nitrogen and oxygen atoms in total. The smallest absolute Gasteiger partial charge is 0.317 e. The number of hydrogen-bond donors (Lipinski definition) is 3. The summed E-state index contributed by atoms with van der Waals surface area (Å²) in [7, 11) is 0. The van der Waals surface area contributed by atoms with Crippen LogP contribution >= 0.6 is 0 Å². The summed E-state index contributed by atoms with van der Waals surface area (Å²) in [5, 5.41) is 16.4. The van der Waals surface area contributed by atoms with Gasteiger partial charge in [-0.1, -0.05) is 6.07 Å². The number of hydrogen-bond acceptors (Lipinski definition) is 4. The number of ether oxygens (including phenoxy) is 1. The monoisotopic (exact) mass is 346 g/mol. The predicted octanol–water partition coefficient (Wildman–Crippen LogP) is 1.11. The van der Waals surface area contributed by atoms with Gasteiger partial charge in [0.05, 0.1) is 13.2 Å². The summed E-state index contributed by atoms with van der Waals surface area (Å²) in [6.45, 7) is 3.88. The molecule has 25 heavy (non-hydrogen) atoms. The first-order valence-electron chi connectivity index (χ1n) is 8.79. The fraction of sp³-hybridized carbons (Fsp3) is 0.556. The lowest BCUT2D eigenvalue weighted by Crippen LogP contribution is -2.40. The number of carbonyl (C=O) groups is 1. The van der Waals surface area contributed by atoms with Crippen LogP contribution in [-0.2, 0) is 17.8 Å². The van der Waals surface area contributed by atoms with Gasteiger partial charge in [0.25, 0.3) is 0 Å². The number of likely N-dealkylation sites (tertiary alicyclic amines) is 1. The molecule has 0 unspecified atom stereocenters. The normalized spacial score (nSPS) is 18.6. The van der Waals surface area contributed by atoms with Gasteiger partial charge in [-0.05, 0) is 61.5 Å². The number of nitrogens with zero attached hydrogens (tertiary/aromatic N) is 2. The van der Waals surface area contributed by atoms with E-state index in [1.54, 1.807) is 0 Å². The number of carboxylic acid groups (broad SMARTS) is 1. The van der Waals surface area contributed by atoms with Crippen LogP contribution in [0.15, 0.2) is 18.2 Å². The number of benzene rings is 1. The van der Waals surface area contributed by atoms with Crippen molar-refractivity contribution in [2.45, 2.75) is 25.8 Å². The van der Waals surface area contributed by atoms with Crippen molar-refractivity contribution in [2.75, 3.05) is 32.8 Å². The van der Waals surface area contributed by atoms with E-state index in [4.69, 9.17) is 21.0 Å². The number of piperidine rings is 1. The number of guanidine groups is 1. The third-order valence-corrected chi connectivity index (χ3v) is 5.08. The van der Waals surface area contributed by atoms with Crippen molar-refractivity contribution >= 4 is 11.9 Å². The Morgan fingerprint density at radius 3 is 2.72 bits per heavy atom. The van der Waals surface area contributed by atoms with Crippen molar-refractivity contribution in [1.82, 2.24) is 9.80 Å². The molecule has 0 spiro atoms. The molecule has 0 aromatic heterocycles. The molecule has 4 N–H and O–H groups in total. The number of rotatable bonds is 5. The Balaban J connectivity index is 1.50. The van der Waals surface area contributed by atoms with Gasteiger partial charge in [0.1, 0.15) is 5.75 Å². The molecule has 1 saturated heterocycles. The molecule has 0 amide bonds. The van der Waals surface area contributed by atoms with Crippen LogP contribution in [-0.4, -0.2) is 59.6 Å². The zero-order valence-corrected chi connectivity index (χ0v) is 14.4. The van der Waals surface area contributed by atoms with Crippen LogP contribution in [0.5, 0.6) is 5.75 Å². The summed E-state index contributed by atoms with van der Waals surface area (Å²) in [5.74, 6) is 0.681. The van der Waals surface area contributed by atoms with Crippen LogP contribution in [0.4, 0.5) is 0 Å². The molecule has 7 heteroatoms. The molecule has 136 valence electrons. The van der Waals surface area contributed by atoms with Gasteiger partial charge in [-0.15, -0.1) is 0 Å². The lowest BCUT2D eigenvalue weighted by atomic mass is 9.97. The lowest BCUT2D eigenvalue weighted by Gasteiger charge is -2.31. The Kier molecular flexibility index (Phi) is 5.43. The Labute approximate surface area is 147 Å². The summed E-state index contributed by atoms with van der Waals surface area (Å²) >= 11 is 0. The number of fused-ring (bicyclic) bond motifs is 1. The molecule has 2 aliphatic rings. The van der Waals surface area contributed by atoms with E-state index in [-0.39, 0.29) is 12.5 Å². The molecule has 2 aliphatic heterocycles. The van der Waals surface area contributed by atoms with Gasteiger partial charge < -0.3 is 20.5 Å². The van der Waals surface area contributed by atoms with Gasteiger partial charge in [0, 0.05) is 13.1 Å². The Morgan fingerprint density at radius 2 is 2.04 bits per heavy atom. The second kappa shape index (κ2) is 7.74. The van der Waals surface area contributed by atoms with Crippen molar-refractivity contribution in [3.8, 4) is 5.75 Å². The van der Waals surface area contributed by atoms with E-state index >= 15 is 0 Å². The summed E-state index contributed by atoms with van der Waals surface area (Å²) < 4.78 is 5.99. The third-order valence-electron chi connectivity index (χ3n) is 5.08. The van der Waals surface area contributed by atoms with Crippen LogP contribution in [0.25, 0.3) is 0 Å². The number of aliphatic carboxylic acids is 1. The molecule has 0 aliphatic carbocycles. The summed E-state index contributed by atoms with van der Waals surface area (Å²) in [5.41, 5.74) is 8.07. The predicted molar refractivity (Wildman–Crippen MR) is 94.8 cm³/mol. The highest BCUT2D eigenvalue weighted by Crippen LogP contribution is 2.25. The van der Waals surface area contributed by atoms with Crippen molar-refractivity contribution in [2.24, 2.45) is 11.7 Å². The van der Waals surface area contributed by atoms with E-state index < -0.39 is 5.97 Å². The minimum absolute atomic E-state index is 0.116. The molecule has 1 aromatic carbocycles. The first-order chi connectivity index (χ1) is 12.0. The number of nitrogens with two attached hydrogens (primary N) is 1. The lowest BCUT2D eigenvalue weighted by molar-refractivity contribution is -0.138. The van der Waals surface area contributed by atoms with E-state index in [9.17, 15) is 4.79 Å². The van der Waals surface area contributed by atoms with Crippen LogP contribution in [0.2, 0.25) is 0 Å². The first-order valence-corrected chi connectivity index (χ1v) is 8.79. The second-order valence-electron chi connectivity index (χ2n) is 6.91. The molecule has 3 rings (SSSR count). The second-order valence-corrected chi connectivity index (χ2v) is 6.91. The molecular formula is C18H26N4O3. The quantitative estimate of drug-likeness (QED) is 0.545. The highest BCUT2D eigenvalue weighted by molar-refractivity contribution is 5.75. The Bertz CT molecular complexity index is 641. The highest BCUT2D eigenvalue weighted by atomic mass is 16.5. The minimum atomic E-state index is -0.761. The SMILES string of the molecule is N=C(N)N1CCc2ccc(OCC3CCN(CC(=O)O)CC3)cc2C1. The molecule has 0 saturated carbocycles. The highest BCUT2D eigenvalue weighted by Gasteiger charge is 2.22. The first kappa shape index (κ1) is 17.5. The maximum Gasteiger partial charge on any atom is 0.317 e. The molecule has 1 fully saturated rings. The minimum Gasteiger partial charge on any atom is -0.493 e. The van der Waals surface area contributed by atoms with Gasteiger partial charge in [0.15, 0.2) is 5.96 Å². The van der Waals surface area contributed by atoms with Crippen LogP contribution in [0.1, 0.15) is 24.0 Å². The van der Waals surface area contributed by atoms with Gasteiger partial charge in [0.2, 0.25) is 0 Å². The van der Waals surface area contributed by atoms with E-state index in [1.165, 1.54) is 11.1 Å². The molecule has 1 aromatic rings. The summed E-state index contributed by atoms with van der Waals surface area (Å²) in [4.78, 5) is 14.6. The van der Waals surface area contributed by atoms with E-state index in [1.807, 2.05) is 15.9 Å². The van der Waals surface area contributed by atoms with E-state index in [2.05, 4.69) is 12.1 Å². The fourth-order valence-corrected chi connectivity index (χ4v) is 3.55. The molecule has 0 radical (unpaired) electrons. The topological polar surface area (TPSA) is 103 Å². The van der Waals surface area contributed by atoms with Crippen molar-refractivity contribution in [1.29, 1.82) is 5.41 Å². The number of carboxylic acids is 1. The Hall–Kier alpha value is -2.28. The fourth-order valence-electron chi connectivity index (χ4n) is 3.55. The van der Waals surface area contributed by atoms with Crippen LogP contribution in [0, 0.1) is 11.3 Å². The van der Waals surface area contributed by atoms with Crippen molar-refractivity contribution < 1.29 is 14.6 Å². The van der Waals surface area contributed by atoms with Gasteiger partial charge in [-0.25, -0.2) is 0 Å². The van der Waals surface area contributed by atoms with Gasteiger partial charge >= 0.3 is 5.97 Å². The van der Waals surface area contributed by atoms with Gasteiger partial charge in [-0.2, -0.15) is 0 Å². The number of nitrogens with one attached hydrogen (secondary N) is 1.